The molecular weight excluding hydrogens is 362 g/mol. The van der Waals surface area contributed by atoms with E-state index in [1.54, 1.807) is 6.92 Å². The zero-order valence-electron chi connectivity index (χ0n) is 15.3. The number of aliphatic hydroxyl groups is 2. The van der Waals surface area contributed by atoms with Crippen LogP contribution in [0.4, 0.5) is 0 Å². The Bertz CT molecular complexity index is 633. The molecule has 0 aromatic carbocycles. The van der Waals surface area contributed by atoms with E-state index in [4.69, 9.17) is 21.1 Å². The number of alkyl halides is 1. The molecule has 0 unspecified atom stereocenters. The molecule has 0 bridgehead atoms. The Hall–Kier alpha value is -1.15. The van der Waals surface area contributed by atoms with Crippen molar-refractivity contribution in [2.45, 2.75) is 62.3 Å². The highest BCUT2D eigenvalue weighted by atomic mass is 35.5. The molecule has 7 nitrogen and oxygen atoms in total. The molecule has 3 aliphatic heterocycles. The summed E-state index contributed by atoms with van der Waals surface area (Å²) in [5.41, 5.74) is -3.03. The molecule has 0 radical (unpaired) electrons. The zero-order valence-corrected chi connectivity index (χ0v) is 16.0. The van der Waals surface area contributed by atoms with E-state index in [1.165, 1.54) is 13.8 Å². The lowest BCUT2D eigenvalue weighted by Crippen LogP contribution is -2.54. The highest BCUT2D eigenvalue weighted by molar-refractivity contribution is 6.22. The van der Waals surface area contributed by atoms with Gasteiger partial charge in [-0.25, -0.2) is 9.59 Å². The van der Waals surface area contributed by atoms with Crippen molar-refractivity contribution in [2.24, 2.45) is 5.92 Å². The fraction of sp³-hybridized carbons (Fsp3) is 0.778. The molecule has 0 aromatic heterocycles. The number of cyclic esters (lactones) is 1. The SMILES string of the molecule is C[C@@H]1C[C@](O)([C@@H](C)Cl)C(=O)O[C@@H]2CCN3CC=C(COC(=O)[C@]1(C)O)[C@H]23. The van der Waals surface area contributed by atoms with Crippen LogP contribution in [0, 0.1) is 5.92 Å². The van der Waals surface area contributed by atoms with Gasteiger partial charge in [-0.15, -0.1) is 11.6 Å². The third kappa shape index (κ3) is 3.15. The van der Waals surface area contributed by atoms with Gasteiger partial charge in [0.05, 0.1) is 11.4 Å². The predicted octanol–water partition coefficient (Wildman–Crippen LogP) is 0.605. The van der Waals surface area contributed by atoms with Crippen LogP contribution < -0.4 is 0 Å². The van der Waals surface area contributed by atoms with E-state index in [2.05, 4.69) is 4.90 Å². The van der Waals surface area contributed by atoms with E-state index < -0.39 is 40.5 Å². The second-order valence-corrected chi connectivity index (χ2v) is 8.47. The normalized spacial score (nSPS) is 42.8. The molecule has 3 rings (SSSR count). The van der Waals surface area contributed by atoms with Crippen LogP contribution >= 0.6 is 11.6 Å². The summed E-state index contributed by atoms with van der Waals surface area (Å²) in [7, 11) is 0. The van der Waals surface area contributed by atoms with Gasteiger partial charge >= 0.3 is 11.9 Å². The van der Waals surface area contributed by atoms with Crippen LogP contribution in [0.3, 0.4) is 0 Å². The van der Waals surface area contributed by atoms with E-state index in [1.807, 2.05) is 6.08 Å². The summed E-state index contributed by atoms with van der Waals surface area (Å²) in [5, 5.41) is 20.6. The van der Waals surface area contributed by atoms with Gasteiger partial charge in [-0.05, 0) is 38.2 Å². The largest absolute Gasteiger partial charge is 0.459 e. The van der Waals surface area contributed by atoms with Crippen molar-refractivity contribution in [3.8, 4) is 0 Å². The highest BCUT2D eigenvalue weighted by Crippen LogP contribution is 2.37. The zero-order chi connectivity index (χ0) is 19.3. The fourth-order valence-electron chi connectivity index (χ4n) is 3.94. The summed E-state index contributed by atoms with van der Waals surface area (Å²) >= 11 is 6.12. The number of ether oxygens (including phenoxy) is 2. The number of hydrogen-bond donors (Lipinski definition) is 2. The first-order valence-corrected chi connectivity index (χ1v) is 9.41. The average molecular weight is 388 g/mol. The summed E-state index contributed by atoms with van der Waals surface area (Å²) in [6.07, 6.45) is 1.95. The summed E-state index contributed by atoms with van der Waals surface area (Å²) in [6.45, 7) is 5.88. The predicted molar refractivity (Wildman–Crippen MR) is 93.6 cm³/mol. The maximum Gasteiger partial charge on any atom is 0.340 e. The van der Waals surface area contributed by atoms with Crippen molar-refractivity contribution in [1.29, 1.82) is 0 Å². The van der Waals surface area contributed by atoms with Crippen molar-refractivity contribution in [1.82, 2.24) is 4.90 Å². The summed E-state index contributed by atoms with van der Waals surface area (Å²) in [4.78, 5) is 27.4. The molecule has 0 spiro atoms. The first-order valence-electron chi connectivity index (χ1n) is 8.97. The van der Waals surface area contributed by atoms with Gasteiger partial charge in [-0.2, -0.15) is 0 Å². The molecule has 6 atom stereocenters. The number of halogens is 1. The van der Waals surface area contributed by atoms with Gasteiger partial charge < -0.3 is 19.7 Å². The summed E-state index contributed by atoms with van der Waals surface area (Å²) < 4.78 is 11.0. The number of hydrogen-bond acceptors (Lipinski definition) is 7. The molecule has 2 N–H and O–H groups in total. The van der Waals surface area contributed by atoms with E-state index in [9.17, 15) is 19.8 Å². The molecule has 3 aliphatic rings. The van der Waals surface area contributed by atoms with E-state index in [0.29, 0.717) is 13.0 Å². The minimum absolute atomic E-state index is 0.0487. The minimum atomic E-state index is -2.01. The van der Waals surface area contributed by atoms with Crippen LogP contribution in [0.5, 0.6) is 0 Å². The van der Waals surface area contributed by atoms with E-state index >= 15 is 0 Å². The molecule has 8 heteroatoms. The maximum atomic E-state index is 12.8. The molecule has 26 heavy (non-hydrogen) atoms. The molecule has 2 saturated heterocycles. The number of carbonyl (C=O) groups excluding carboxylic acids is 2. The van der Waals surface area contributed by atoms with Crippen LogP contribution in [0.1, 0.15) is 33.6 Å². The molecule has 3 heterocycles. The lowest BCUT2D eigenvalue weighted by atomic mass is 9.79. The van der Waals surface area contributed by atoms with E-state index in [0.717, 1.165) is 12.1 Å². The quantitative estimate of drug-likeness (QED) is 0.386. The Morgan fingerprint density at radius 1 is 1.35 bits per heavy atom. The molecule has 0 amide bonds. The second-order valence-electron chi connectivity index (χ2n) is 7.82. The van der Waals surface area contributed by atoms with Gasteiger partial charge in [-0.1, -0.05) is 13.0 Å². The van der Waals surface area contributed by atoms with Crippen molar-refractivity contribution in [2.75, 3.05) is 19.7 Å². The monoisotopic (exact) mass is 387 g/mol. The Morgan fingerprint density at radius 2 is 2.04 bits per heavy atom. The van der Waals surface area contributed by atoms with Crippen LogP contribution in [0.25, 0.3) is 0 Å². The molecule has 0 aromatic rings. The summed E-state index contributed by atoms with van der Waals surface area (Å²) in [6, 6.07) is -0.177. The molecule has 2 fully saturated rings. The van der Waals surface area contributed by atoms with Crippen molar-refractivity contribution in [3.63, 3.8) is 0 Å². The number of carbonyl (C=O) groups is 2. The van der Waals surface area contributed by atoms with Crippen LogP contribution in [-0.4, -0.2) is 75.5 Å². The van der Waals surface area contributed by atoms with Crippen LogP contribution in [0.2, 0.25) is 0 Å². The fourth-order valence-corrected chi connectivity index (χ4v) is 4.11. The van der Waals surface area contributed by atoms with Crippen molar-refractivity contribution < 1.29 is 29.3 Å². The summed E-state index contributed by atoms with van der Waals surface area (Å²) in [5.74, 6) is -2.37. The standard InChI is InChI=1S/C18H26ClNO6/c1-10-8-18(24,11(2)19)16(22)26-13-5-7-20-6-4-12(14(13)20)9-25-15(21)17(10,3)23/h4,10-11,13-14,23-24H,5-9H2,1-3H3/t10-,11-,13-,14-,17-,18+/m1/s1. The third-order valence-corrected chi connectivity index (χ3v) is 6.41. The Morgan fingerprint density at radius 3 is 2.69 bits per heavy atom. The molecule has 146 valence electrons. The minimum Gasteiger partial charge on any atom is -0.459 e. The van der Waals surface area contributed by atoms with Gasteiger partial charge in [0.1, 0.15) is 12.7 Å². The second kappa shape index (κ2) is 6.78. The lowest BCUT2D eigenvalue weighted by molar-refractivity contribution is -0.183. The Labute approximate surface area is 157 Å². The Kier molecular flexibility index (Phi) is 5.11. The molecule has 0 aliphatic carbocycles. The maximum absolute atomic E-state index is 12.8. The average Bonchev–Trinajstić information content (AvgIpc) is 3.14. The number of rotatable bonds is 1. The van der Waals surface area contributed by atoms with Crippen LogP contribution in [-0.2, 0) is 19.1 Å². The first kappa shape index (κ1) is 19.6. The van der Waals surface area contributed by atoms with Gasteiger partial charge in [0.15, 0.2) is 11.2 Å². The smallest absolute Gasteiger partial charge is 0.340 e. The first-order chi connectivity index (χ1) is 12.1. The van der Waals surface area contributed by atoms with Gasteiger partial charge in [-0.3, -0.25) is 4.90 Å². The van der Waals surface area contributed by atoms with E-state index in [-0.39, 0.29) is 19.1 Å². The molecular formula is C18H26ClNO6. The van der Waals surface area contributed by atoms with Crippen LogP contribution in [0.15, 0.2) is 11.6 Å². The third-order valence-electron chi connectivity index (χ3n) is 6.04. The number of nitrogens with zero attached hydrogens (tertiary/aromatic N) is 1. The van der Waals surface area contributed by atoms with Crippen molar-refractivity contribution >= 4 is 23.5 Å². The topological polar surface area (TPSA) is 96.3 Å². The van der Waals surface area contributed by atoms with Gasteiger partial charge in [0.25, 0.3) is 0 Å². The van der Waals surface area contributed by atoms with Gasteiger partial charge in [0.2, 0.25) is 0 Å². The number of esters is 2. The molecule has 0 saturated carbocycles. The van der Waals surface area contributed by atoms with Crippen molar-refractivity contribution in [3.05, 3.63) is 11.6 Å². The highest BCUT2D eigenvalue weighted by Gasteiger charge is 2.52. The lowest BCUT2D eigenvalue weighted by Gasteiger charge is -2.37. The Balaban J connectivity index is 1.97. The van der Waals surface area contributed by atoms with Gasteiger partial charge in [0, 0.05) is 13.1 Å².